The molecule has 0 aliphatic heterocycles. The number of hydrogen-bond acceptors (Lipinski definition) is 2. The number of benzene rings is 2. The number of alkyl halides is 3. The summed E-state index contributed by atoms with van der Waals surface area (Å²) in [7, 11) is 0. The van der Waals surface area contributed by atoms with Gasteiger partial charge < -0.3 is 5.11 Å². The Morgan fingerprint density at radius 2 is 2.00 bits per heavy atom. The molecular formula is C16H11F3N2O2. The van der Waals surface area contributed by atoms with Gasteiger partial charge in [0.05, 0.1) is 11.8 Å². The molecule has 3 rings (SSSR count). The number of hydrogen-bond donors (Lipinski definition) is 1. The van der Waals surface area contributed by atoms with Crippen LogP contribution in [-0.4, -0.2) is 27.0 Å². The summed E-state index contributed by atoms with van der Waals surface area (Å²) in [5, 5.41) is 14.2. The number of aromatic carboxylic acids is 1. The Kier molecular flexibility index (Phi) is 3.55. The smallest absolute Gasteiger partial charge is 0.408 e. The van der Waals surface area contributed by atoms with E-state index < -0.39 is 18.7 Å². The first-order valence-corrected chi connectivity index (χ1v) is 6.69. The van der Waals surface area contributed by atoms with Gasteiger partial charge in [0, 0.05) is 11.8 Å². The van der Waals surface area contributed by atoms with E-state index in [0.29, 0.717) is 16.5 Å². The van der Waals surface area contributed by atoms with E-state index in [0.717, 1.165) is 10.1 Å². The summed E-state index contributed by atoms with van der Waals surface area (Å²) >= 11 is 0. The van der Waals surface area contributed by atoms with Crippen LogP contribution in [0, 0.1) is 0 Å². The summed E-state index contributed by atoms with van der Waals surface area (Å²) in [6.07, 6.45) is -1.64. The van der Waals surface area contributed by atoms with E-state index in [1.165, 1.54) is 24.5 Å². The highest BCUT2D eigenvalue weighted by atomic mass is 19.4. The molecular weight excluding hydrogens is 309 g/mol. The molecule has 0 radical (unpaired) electrons. The quantitative estimate of drug-likeness (QED) is 0.794. The van der Waals surface area contributed by atoms with Crippen LogP contribution in [0.3, 0.4) is 0 Å². The minimum Gasteiger partial charge on any atom is -0.478 e. The maximum atomic E-state index is 12.4. The molecule has 3 aromatic rings. The van der Waals surface area contributed by atoms with Gasteiger partial charge in [-0.1, -0.05) is 24.3 Å². The van der Waals surface area contributed by atoms with E-state index >= 15 is 0 Å². The van der Waals surface area contributed by atoms with E-state index in [1.54, 1.807) is 24.3 Å². The van der Waals surface area contributed by atoms with Gasteiger partial charge in [-0.15, -0.1) is 0 Å². The summed E-state index contributed by atoms with van der Waals surface area (Å²) in [6, 6.07) is 9.89. The maximum Gasteiger partial charge on any atom is 0.408 e. The number of carboxylic acids is 1. The Hall–Kier alpha value is -2.83. The summed E-state index contributed by atoms with van der Waals surface area (Å²) in [5.41, 5.74) is 1.40. The molecule has 0 saturated carbocycles. The molecule has 23 heavy (non-hydrogen) atoms. The molecule has 0 saturated heterocycles. The predicted molar refractivity (Wildman–Crippen MR) is 78.2 cm³/mol. The normalized spacial score (nSPS) is 11.8. The highest BCUT2D eigenvalue weighted by molar-refractivity contribution is 6.00. The summed E-state index contributed by atoms with van der Waals surface area (Å²) < 4.78 is 38.1. The molecule has 0 aliphatic carbocycles. The standard InChI is InChI=1S/C16H11F3N2O2/c17-16(18,19)9-21-8-12(7-20-21)13-3-1-2-10-6-11(15(22)23)4-5-14(10)13/h1-8H,9H2,(H,22,23). The second-order valence-corrected chi connectivity index (χ2v) is 5.09. The van der Waals surface area contributed by atoms with Gasteiger partial charge in [-0.3, -0.25) is 4.68 Å². The van der Waals surface area contributed by atoms with Gasteiger partial charge in [-0.05, 0) is 28.5 Å². The van der Waals surface area contributed by atoms with Crippen LogP contribution in [-0.2, 0) is 6.54 Å². The van der Waals surface area contributed by atoms with E-state index in [-0.39, 0.29) is 5.56 Å². The molecule has 0 bridgehead atoms. The van der Waals surface area contributed by atoms with Gasteiger partial charge >= 0.3 is 12.1 Å². The number of aromatic nitrogens is 2. The zero-order valence-electron chi connectivity index (χ0n) is 11.7. The lowest BCUT2D eigenvalue weighted by molar-refractivity contribution is -0.142. The molecule has 0 unspecified atom stereocenters. The fourth-order valence-corrected chi connectivity index (χ4v) is 2.44. The lowest BCUT2D eigenvalue weighted by Crippen LogP contribution is -2.17. The van der Waals surface area contributed by atoms with Crippen LogP contribution in [0.2, 0.25) is 0 Å². The molecule has 1 aromatic heterocycles. The first-order chi connectivity index (χ1) is 10.8. The van der Waals surface area contributed by atoms with Crippen molar-refractivity contribution in [2.75, 3.05) is 0 Å². The van der Waals surface area contributed by atoms with Crippen molar-refractivity contribution in [2.24, 2.45) is 0 Å². The number of nitrogens with zero attached hydrogens (tertiary/aromatic N) is 2. The second-order valence-electron chi connectivity index (χ2n) is 5.09. The maximum absolute atomic E-state index is 12.4. The third kappa shape index (κ3) is 3.18. The van der Waals surface area contributed by atoms with E-state index in [9.17, 15) is 18.0 Å². The van der Waals surface area contributed by atoms with Crippen molar-refractivity contribution >= 4 is 16.7 Å². The van der Waals surface area contributed by atoms with E-state index in [1.807, 2.05) is 0 Å². The minimum absolute atomic E-state index is 0.155. The number of carboxylic acid groups (broad SMARTS) is 1. The number of halogens is 3. The van der Waals surface area contributed by atoms with Gasteiger partial charge in [-0.25, -0.2) is 4.79 Å². The Labute approximate surface area is 128 Å². The number of fused-ring (bicyclic) bond motifs is 1. The van der Waals surface area contributed by atoms with Crippen molar-refractivity contribution in [3.05, 3.63) is 54.4 Å². The topological polar surface area (TPSA) is 55.1 Å². The van der Waals surface area contributed by atoms with Crippen molar-refractivity contribution in [3.63, 3.8) is 0 Å². The van der Waals surface area contributed by atoms with Gasteiger partial charge in [0.2, 0.25) is 0 Å². The minimum atomic E-state index is -4.33. The van der Waals surface area contributed by atoms with Crippen molar-refractivity contribution in [1.29, 1.82) is 0 Å². The van der Waals surface area contributed by atoms with Crippen LogP contribution in [0.15, 0.2) is 48.8 Å². The highest BCUT2D eigenvalue weighted by Crippen LogP contribution is 2.29. The Balaban J connectivity index is 2.05. The summed E-state index contributed by atoms with van der Waals surface area (Å²) in [5.74, 6) is -1.03. The third-order valence-electron chi connectivity index (χ3n) is 3.41. The molecule has 4 nitrogen and oxygen atoms in total. The predicted octanol–water partition coefficient (Wildman–Crippen LogP) is 3.96. The Bertz CT molecular complexity index is 884. The lowest BCUT2D eigenvalue weighted by atomic mass is 9.99. The average molecular weight is 320 g/mol. The fraction of sp³-hybridized carbons (Fsp3) is 0.125. The zero-order valence-corrected chi connectivity index (χ0v) is 11.7. The van der Waals surface area contributed by atoms with Gasteiger partial charge in [0.25, 0.3) is 0 Å². The van der Waals surface area contributed by atoms with Gasteiger partial charge in [0.15, 0.2) is 0 Å². The Morgan fingerprint density at radius 3 is 2.70 bits per heavy atom. The summed E-state index contributed by atoms with van der Waals surface area (Å²) in [6.45, 7) is -1.15. The fourth-order valence-electron chi connectivity index (χ4n) is 2.44. The van der Waals surface area contributed by atoms with Crippen LogP contribution in [0.5, 0.6) is 0 Å². The lowest BCUT2D eigenvalue weighted by Gasteiger charge is -2.06. The van der Waals surface area contributed by atoms with Gasteiger partial charge in [-0.2, -0.15) is 18.3 Å². The molecule has 0 atom stereocenters. The van der Waals surface area contributed by atoms with Crippen LogP contribution < -0.4 is 0 Å². The molecule has 2 aromatic carbocycles. The first-order valence-electron chi connectivity index (χ1n) is 6.69. The van der Waals surface area contributed by atoms with Crippen LogP contribution in [0.25, 0.3) is 21.9 Å². The molecule has 1 heterocycles. The average Bonchev–Trinajstić information content (AvgIpc) is 2.92. The number of carbonyl (C=O) groups is 1. The van der Waals surface area contributed by atoms with E-state index in [4.69, 9.17) is 5.11 Å². The first kappa shape index (κ1) is 15.1. The van der Waals surface area contributed by atoms with Crippen LogP contribution in [0.4, 0.5) is 13.2 Å². The van der Waals surface area contributed by atoms with Crippen molar-refractivity contribution in [1.82, 2.24) is 9.78 Å². The van der Waals surface area contributed by atoms with Crippen molar-refractivity contribution in [2.45, 2.75) is 12.7 Å². The summed E-state index contributed by atoms with van der Waals surface area (Å²) in [4.78, 5) is 11.0. The van der Waals surface area contributed by atoms with Gasteiger partial charge in [0.1, 0.15) is 6.54 Å². The zero-order chi connectivity index (χ0) is 16.6. The number of rotatable bonds is 3. The molecule has 118 valence electrons. The Morgan fingerprint density at radius 1 is 1.22 bits per heavy atom. The largest absolute Gasteiger partial charge is 0.478 e. The van der Waals surface area contributed by atoms with E-state index in [2.05, 4.69) is 5.10 Å². The van der Waals surface area contributed by atoms with Crippen LogP contribution in [0.1, 0.15) is 10.4 Å². The highest BCUT2D eigenvalue weighted by Gasteiger charge is 2.28. The molecule has 0 spiro atoms. The van der Waals surface area contributed by atoms with Crippen molar-refractivity contribution < 1.29 is 23.1 Å². The molecule has 1 N–H and O–H groups in total. The SMILES string of the molecule is O=C(O)c1ccc2c(-c3cnn(CC(F)(F)F)c3)cccc2c1. The second kappa shape index (κ2) is 5.42. The molecule has 0 fully saturated rings. The van der Waals surface area contributed by atoms with Crippen molar-refractivity contribution in [3.8, 4) is 11.1 Å². The third-order valence-corrected chi connectivity index (χ3v) is 3.41. The van der Waals surface area contributed by atoms with Crippen LogP contribution >= 0.6 is 0 Å². The molecule has 0 amide bonds. The monoisotopic (exact) mass is 320 g/mol. The molecule has 7 heteroatoms. The molecule has 0 aliphatic rings.